The molecule has 0 aliphatic carbocycles. The van der Waals surface area contributed by atoms with Gasteiger partial charge in [-0.3, -0.25) is 4.79 Å². The van der Waals surface area contributed by atoms with Crippen LogP contribution in [-0.2, 0) is 9.53 Å². The van der Waals surface area contributed by atoms with Gasteiger partial charge in [-0.1, -0.05) is 20.8 Å². The third-order valence-corrected chi connectivity index (χ3v) is 2.47. The molecule has 0 bridgehead atoms. The van der Waals surface area contributed by atoms with Crippen molar-refractivity contribution in [1.29, 1.82) is 0 Å². The van der Waals surface area contributed by atoms with E-state index in [2.05, 4.69) is 20.8 Å². The highest BCUT2D eigenvalue weighted by atomic mass is 16.5. The Morgan fingerprint density at radius 1 is 1.15 bits per heavy atom. The first-order valence-electron chi connectivity index (χ1n) is 4.82. The van der Waals surface area contributed by atoms with Gasteiger partial charge in [0.25, 0.3) is 0 Å². The van der Waals surface area contributed by atoms with Gasteiger partial charge in [0.05, 0.1) is 0 Å². The number of nitrogens with two attached hydrogens (primary N) is 1. The topological polar surface area (TPSA) is 52.3 Å². The molecule has 0 amide bonds. The zero-order valence-corrected chi connectivity index (χ0v) is 9.20. The molecular weight excluding hydrogens is 166 g/mol. The van der Waals surface area contributed by atoms with E-state index in [-0.39, 0.29) is 12.1 Å². The molecule has 2 N–H and O–H groups in total. The van der Waals surface area contributed by atoms with E-state index in [1.165, 1.54) is 0 Å². The molecule has 3 nitrogen and oxygen atoms in total. The summed E-state index contributed by atoms with van der Waals surface area (Å²) >= 11 is 0. The van der Waals surface area contributed by atoms with Crippen molar-refractivity contribution in [3.63, 3.8) is 0 Å². The van der Waals surface area contributed by atoms with Crippen LogP contribution in [0.5, 0.6) is 0 Å². The van der Waals surface area contributed by atoms with Crippen molar-refractivity contribution < 1.29 is 9.53 Å². The first-order chi connectivity index (χ1) is 5.86. The van der Waals surface area contributed by atoms with Crippen molar-refractivity contribution in [1.82, 2.24) is 0 Å². The van der Waals surface area contributed by atoms with Gasteiger partial charge in [-0.15, -0.1) is 0 Å². The molecule has 0 saturated carbocycles. The van der Waals surface area contributed by atoms with Gasteiger partial charge in [0, 0.05) is 0 Å². The van der Waals surface area contributed by atoms with E-state index in [4.69, 9.17) is 10.5 Å². The van der Waals surface area contributed by atoms with Crippen LogP contribution >= 0.6 is 0 Å². The summed E-state index contributed by atoms with van der Waals surface area (Å²) in [5.74, 6) is 0.554. The Morgan fingerprint density at radius 2 is 1.62 bits per heavy atom. The van der Waals surface area contributed by atoms with Gasteiger partial charge in [0.1, 0.15) is 12.1 Å². The molecule has 0 aliphatic heterocycles. The molecule has 13 heavy (non-hydrogen) atoms. The van der Waals surface area contributed by atoms with Crippen LogP contribution < -0.4 is 5.73 Å². The molecule has 0 spiro atoms. The zero-order valence-electron chi connectivity index (χ0n) is 9.20. The van der Waals surface area contributed by atoms with Crippen molar-refractivity contribution in [2.45, 2.75) is 46.8 Å². The van der Waals surface area contributed by atoms with Gasteiger partial charge in [-0.05, 0) is 25.7 Å². The Kier molecular flexibility index (Phi) is 4.99. The number of carbonyl (C=O) groups excluding carboxylic acids is 1. The standard InChI is InChI=1S/C10H21NO2/c1-6(2)7(3)9(5)13-10(12)8(4)11/h6-9H,11H2,1-5H3/t7-,8+,9+/m1/s1. The second-order valence-electron chi connectivity index (χ2n) is 4.03. The summed E-state index contributed by atoms with van der Waals surface area (Å²) in [6, 6.07) is -0.526. The average molecular weight is 187 g/mol. The minimum atomic E-state index is -0.526. The van der Waals surface area contributed by atoms with Crippen LogP contribution in [-0.4, -0.2) is 18.1 Å². The maximum Gasteiger partial charge on any atom is 0.322 e. The summed E-state index contributed by atoms with van der Waals surface area (Å²) in [5, 5.41) is 0. The summed E-state index contributed by atoms with van der Waals surface area (Å²) in [4.78, 5) is 11.1. The monoisotopic (exact) mass is 187 g/mol. The molecule has 0 aliphatic rings. The van der Waals surface area contributed by atoms with Gasteiger partial charge < -0.3 is 10.5 Å². The molecule has 3 atom stereocenters. The van der Waals surface area contributed by atoms with Gasteiger partial charge in [-0.25, -0.2) is 0 Å². The minimum Gasteiger partial charge on any atom is -0.461 e. The van der Waals surface area contributed by atoms with Gasteiger partial charge >= 0.3 is 5.97 Å². The van der Waals surface area contributed by atoms with Gasteiger partial charge in [-0.2, -0.15) is 0 Å². The lowest BCUT2D eigenvalue weighted by atomic mass is 9.93. The van der Waals surface area contributed by atoms with Crippen molar-refractivity contribution in [2.75, 3.05) is 0 Å². The van der Waals surface area contributed by atoms with Crippen LogP contribution in [0.3, 0.4) is 0 Å². The molecule has 0 saturated heterocycles. The van der Waals surface area contributed by atoms with Crippen LogP contribution in [0, 0.1) is 11.8 Å². The van der Waals surface area contributed by atoms with Crippen LogP contribution in [0.2, 0.25) is 0 Å². The molecule has 78 valence electrons. The highest BCUT2D eigenvalue weighted by Crippen LogP contribution is 2.17. The highest BCUT2D eigenvalue weighted by molar-refractivity contribution is 5.75. The Hall–Kier alpha value is -0.570. The predicted octanol–water partition coefficient (Wildman–Crippen LogP) is 1.56. The molecule has 0 heterocycles. The van der Waals surface area contributed by atoms with Gasteiger partial charge in [0.15, 0.2) is 0 Å². The molecular formula is C10H21NO2. The van der Waals surface area contributed by atoms with Crippen molar-refractivity contribution in [3.05, 3.63) is 0 Å². The Balaban J connectivity index is 4.00. The van der Waals surface area contributed by atoms with E-state index in [9.17, 15) is 4.79 Å². The normalized spacial score (nSPS) is 18.1. The third-order valence-electron chi connectivity index (χ3n) is 2.47. The third kappa shape index (κ3) is 4.27. The Bertz CT molecular complexity index is 166. The second kappa shape index (κ2) is 5.22. The maximum absolute atomic E-state index is 11.1. The van der Waals surface area contributed by atoms with E-state index < -0.39 is 6.04 Å². The summed E-state index contributed by atoms with van der Waals surface area (Å²) in [6.45, 7) is 9.84. The molecule has 0 aromatic carbocycles. The predicted molar refractivity (Wildman–Crippen MR) is 53.2 cm³/mol. The van der Waals surface area contributed by atoms with Crippen LogP contribution in [0.4, 0.5) is 0 Å². The Morgan fingerprint density at radius 3 is 1.92 bits per heavy atom. The number of hydrogen-bond acceptors (Lipinski definition) is 3. The van der Waals surface area contributed by atoms with E-state index >= 15 is 0 Å². The fourth-order valence-corrected chi connectivity index (χ4v) is 0.940. The molecule has 3 heteroatoms. The van der Waals surface area contributed by atoms with E-state index in [0.29, 0.717) is 11.8 Å². The SMILES string of the molecule is CC(C)[C@@H](C)[C@H](C)OC(=O)[C@H](C)N. The number of carbonyl (C=O) groups is 1. The Labute approximate surface area is 80.6 Å². The summed E-state index contributed by atoms with van der Waals surface area (Å²) in [5.41, 5.74) is 5.39. The van der Waals surface area contributed by atoms with E-state index in [0.717, 1.165) is 0 Å². The number of hydrogen-bond donors (Lipinski definition) is 1. The molecule has 0 radical (unpaired) electrons. The fourth-order valence-electron chi connectivity index (χ4n) is 0.940. The zero-order chi connectivity index (χ0) is 10.6. The van der Waals surface area contributed by atoms with Crippen LogP contribution in [0.1, 0.15) is 34.6 Å². The fraction of sp³-hybridized carbons (Fsp3) is 0.900. The van der Waals surface area contributed by atoms with Crippen molar-refractivity contribution >= 4 is 5.97 Å². The van der Waals surface area contributed by atoms with Crippen LogP contribution in [0.15, 0.2) is 0 Å². The lowest BCUT2D eigenvalue weighted by Crippen LogP contribution is -2.34. The average Bonchev–Trinajstić information content (AvgIpc) is 2.02. The number of ether oxygens (including phenoxy) is 1. The second-order valence-corrected chi connectivity index (χ2v) is 4.03. The lowest BCUT2D eigenvalue weighted by molar-refractivity contribution is -0.152. The molecule has 0 fully saturated rings. The van der Waals surface area contributed by atoms with E-state index in [1.54, 1.807) is 6.92 Å². The van der Waals surface area contributed by atoms with Gasteiger partial charge in [0.2, 0.25) is 0 Å². The smallest absolute Gasteiger partial charge is 0.322 e. The first kappa shape index (κ1) is 12.4. The van der Waals surface area contributed by atoms with Crippen molar-refractivity contribution in [3.8, 4) is 0 Å². The summed E-state index contributed by atoms with van der Waals surface area (Å²) < 4.78 is 5.17. The molecule has 0 aromatic heterocycles. The quantitative estimate of drug-likeness (QED) is 0.679. The largest absolute Gasteiger partial charge is 0.461 e. The molecule has 0 rings (SSSR count). The summed E-state index contributed by atoms with van der Waals surface area (Å²) in [6.07, 6.45) is -0.0569. The van der Waals surface area contributed by atoms with Crippen LogP contribution in [0.25, 0.3) is 0 Å². The lowest BCUT2D eigenvalue weighted by Gasteiger charge is -2.24. The van der Waals surface area contributed by atoms with E-state index in [1.807, 2.05) is 6.92 Å². The number of esters is 1. The number of rotatable bonds is 4. The first-order valence-corrected chi connectivity index (χ1v) is 4.82. The molecule has 0 unspecified atom stereocenters. The maximum atomic E-state index is 11.1. The summed E-state index contributed by atoms with van der Waals surface area (Å²) in [7, 11) is 0. The molecule has 0 aromatic rings. The minimum absolute atomic E-state index is 0.0569. The van der Waals surface area contributed by atoms with Crippen molar-refractivity contribution in [2.24, 2.45) is 17.6 Å². The highest BCUT2D eigenvalue weighted by Gasteiger charge is 2.20.